The molecule has 0 spiro atoms. The number of fused-ring (bicyclic) bond motifs is 1. The highest BCUT2D eigenvalue weighted by molar-refractivity contribution is 7.22. The molecule has 208 valence electrons. The van der Waals surface area contributed by atoms with Crippen molar-refractivity contribution in [1.82, 2.24) is 19.1 Å². The fraction of sp³-hybridized carbons (Fsp3) is 0.308. The Bertz CT molecular complexity index is 1530. The van der Waals surface area contributed by atoms with Crippen molar-refractivity contribution >= 4 is 62.2 Å². The number of thiazole rings is 1. The minimum atomic E-state index is -1.12. The van der Waals surface area contributed by atoms with Crippen LogP contribution in [0.5, 0.6) is 0 Å². The van der Waals surface area contributed by atoms with Crippen molar-refractivity contribution in [3.63, 3.8) is 0 Å². The molecule has 0 amide bonds. The highest BCUT2D eigenvalue weighted by Gasteiger charge is 2.20. The number of hydrogen-bond acceptors (Lipinski definition) is 9. The summed E-state index contributed by atoms with van der Waals surface area (Å²) in [6, 6.07) is 11.5. The van der Waals surface area contributed by atoms with Crippen LogP contribution in [-0.2, 0) is 16.1 Å². The van der Waals surface area contributed by atoms with E-state index in [2.05, 4.69) is 20.6 Å². The van der Waals surface area contributed by atoms with Gasteiger partial charge in [-0.05, 0) is 49.7 Å². The van der Waals surface area contributed by atoms with Crippen molar-refractivity contribution < 1.29 is 14.7 Å². The van der Waals surface area contributed by atoms with E-state index in [4.69, 9.17) is 21.5 Å². The van der Waals surface area contributed by atoms with Gasteiger partial charge in [0.05, 0.1) is 29.2 Å². The molecule has 4 aromatic rings. The fourth-order valence-corrected chi connectivity index (χ4v) is 4.46. The molecule has 11 nitrogen and oxygen atoms in total. The van der Waals surface area contributed by atoms with Gasteiger partial charge in [-0.15, -0.1) is 0 Å². The largest absolute Gasteiger partial charge is 0.481 e. The van der Waals surface area contributed by atoms with Gasteiger partial charge >= 0.3 is 17.3 Å². The van der Waals surface area contributed by atoms with E-state index in [0.717, 1.165) is 31.8 Å². The maximum absolute atomic E-state index is 13.4. The van der Waals surface area contributed by atoms with Gasteiger partial charge in [-0.1, -0.05) is 48.9 Å². The van der Waals surface area contributed by atoms with Crippen molar-refractivity contribution in [3.05, 3.63) is 74.0 Å². The van der Waals surface area contributed by atoms with Crippen LogP contribution in [0, 0.1) is 0 Å². The molecule has 0 saturated carbocycles. The second-order valence-corrected chi connectivity index (χ2v) is 9.31. The SMILES string of the molecule is CC.CC=O.CNc1nc2ccc(Nc3nc(=O)n(C(C)CC(=O)O)c(=O)n3Cc3ccc(Cl)cc3)cc2s1. The number of anilines is 3. The van der Waals surface area contributed by atoms with Gasteiger partial charge in [0.15, 0.2) is 5.13 Å². The van der Waals surface area contributed by atoms with Crippen LogP contribution in [0.2, 0.25) is 5.02 Å². The number of carbonyl (C=O) groups is 2. The van der Waals surface area contributed by atoms with Crippen molar-refractivity contribution in [2.75, 3.05) is 17.7 Å². The van der Waals surface area contributed by atoms with Crippen molar-refractivity contribution in [2.45, 2.75) is 46.7 Å². The van der Waals surface area contributed by atoms with E-state index in [1.807, 2.05) is 26.0 Å². The number of halogens is 1. The summed E-state index contributed by atoms with van der Waals surface area (Å²) in [6.07, 6.45) is 0.361. The summed E-state index contributed by atoms with van der Waals surface area (Å²) in [5.41, 5.74) is 0.687. The van der Waals surface area contributed by atoms with Crippen LogP contribution >= 0.6 is 22.9 Å². The number of carbonyl (C=O) groups excluding carboxylic acids is 1. The highest BCUT2D eigenvalue weighted by Crippen LogP contribution is 2.29. The van der Waals surface area contributed by atoms with E-state index >= 15 is 0 Å². The summed E-state index contributed by atoms with van der Waals surface area (Å²) in [7, 11) is 1.79. The Hall–Kier alpha value is -4.03. The Kier molecular flexibility index (Phi) is 11.8. The quantitative estimate of drug-likeness (QED) is 0.253. The Morgan fingerprint density at radius 1 is 1.15 bits per heavy atom. The number of carboxylic acid groups (broad SMARTS) is 1. The molecule has 0 fully saturated rings. The van der Waals surface area contributed by atoms with Crippen LogP contribution in [-0.4, -0.2) is 43.5 Å². The summed E-state index contributed by atoms with van der Waals surface area (Å²) >= 11 is 7.44. The first-order valence-electron chi connectivity index (χ1n) is 12.1. The van der Waals surface area contributed by atoms with Gasteiger partial charge in [0.25, 0.3) is 0 Å². The van der Waals surface area contributed by atoms with E-state index in [-0.39, 0.29) is 18.9 Å². The Morgan fingerprint density at radius 2 is 1.79 bits per heavy atom. The zero-order chi connectivity index (χ0) is 29.1. The number of carboxylic acids is 1. The minimum Gasteiger partial charge on any atom is -0.481 e. The first-order valence-corrected chi connectivity index (χ1v) is 13.3. The molecule has 2 aromatic carbocycles. The predicted octanol–water partition coefficient (Wildman–Crippen LogP) is 4.77. The summed E-state index contributed by atoms with van der Waals surface area (Å²) in [4.78, 5) is 54.6. The average Bonchev–Trinajstić information content (AvgIpc) is 3.31. The number of nitrogens with zero attached hydrogens (tertiary/aromatic N) is 4. The van der Waals surface area contributed by atoms with E-state index < -0.39 is 23.4 Å². The standard InChI is InChI=1S/C22H21ClN6O4S.C2H4O.C2H6/c1-12(9-18(30)31)29-21(32)27-19(28(22(29)33)11-13-3-5-14(23)6-4-13)25-15-7-8-16-17(10-15)34-20(24-2)26-16;1-2-3;1-2/h3-8,10,12H,9,11H2,1-2H3,(H,24,26)(H,30,31)(H,25,27,32);2H,1H3;1-2H3. The Labute approximate surface area is 234 Å². The van der Waals surface area contributed by atoms with Crippen LogP contribution in [0.15, 0.2) is 52.1 Å². The summed E-state index contributed by atoms with van der Waals surface area (Å²) < 4.78 is 3.07. The molecule has 0 aliphatic heterocycles. The number of nitrogens with one attached hydrogen (secondary N) is 2. The molecule has 2 heterocycles. The van der Waals surface area contributed by atoms with Gasteiger partial charge in [0, 0.05) is 17.8 Å². The summed E-state index contributed by atoms with van der Waals surface area (Å²) in [6.45, 7) is 7.04. The molecule has 0 bridgehead atoms. The Balaban J connectivity index is 0.000000998. The predicted molar refractivity (Wildman–Crippen MR) is 156 cm³/mol. The molecule has 0 radical (unpaired) electrons. The zero-order valence-electron chi connectivity index (χ0n) is 22.3. The molecule has 1 atom stereocenters. The number of aldehydes is 1. The van der Waals surface area contributed by atoms with Gasteiger partial charge in [0.2, 0.25) is 5.95 Å². The molecular formula is C26H31ClN6O5S. The molecule has 2 aromatic heterocycles. The first-order chi connectivity index (χ1) is 18.7. The molecule has 1 unspecified atom stereocenters. The number of aromatic nitrogens is 4. The van der Waals surface area contributed by atoms with E-state index in [1.54, 1.807) is 37.4 Å². The number of aliphatic carboxylic acids is 1. The van der Waals surface area contributed by atoms with E-state index in [0.29, 0.717) is 10.7 Å². The van der Waals surface area contributed by atoms with Gasteiger partial charge in [-0.3, -0.25) is 9.36 Å². The number of benzene rings is 2. The smallest absolute Gasteiger partial charge is 0.355 e. The molecule has 13 heteroatoms. The van der Waals surface area contributed by atoms with Gasteiger partial charge in [0.1, 0.15) is 6.29 Å². The maximum Gasteiger partial charge on any atom is 0.355 e. The van der Waals surface area contributed by atoms with Crippen molar-refractivity contribution in [3.8, 4) is 0 Å². The van der Waals surface area contributed by atoms with Gasteiger partial charge in [-0.25, -0.2) is 19.1 Å². The maximum atomic E-state index is 13.4. The third kappa shape index (κ3) is 8.23. The normalized spacial score (nSPS) is 10.9. The lowest BCUT2D eigenvalue weighted by molar-refractivity contribution is -0.137. The Morgan fingerprint density at radius 3 is 2.38 bits per heavy atom. The van der Waals surface area contributed by atoms with Crippen molar-refractivity contribution in [2.24, 2.45) is 0 Å². The van der Waals surface area contributed by atoms with Crippen molar-refractivity contribution in [1.29, 1.82) is 0 Å². The second kappa shape index (κ2) is 14.8. The zero-order valence-corrected chi connectivity index (χ0v) is 23.8. The second-order valence-electron chi connectivity index (χ2n) is 7.84. The molecule has 3 N–H and O–H groups in total. The van der Waals surface area contributed by atoms with Crippen LogP contribution < -0.4 is 22.0 Å². The monoisotopic (exact) mass is 574 g/mol. The van der Waals surface area contributed by atoms with Crippen LogP contribution in [0.25, 0.3) is 10.2 Å². The highest BCUT2D eigenvalue weighted by atomic mass is 35.5. The topological polar surface area (TPSA) is 148 Å². The molecular weight excluding hydrogens is 544 g/mol. The lowest BCUT2D eigenvalue weighted by atomic mass is 10.2. The van der Waals surface area contributed by atoms with Crippen LogP contribution in [0.3, 0.4) is 0 Å². The van der Waals surface area contributed by atoms with Gasteiger partial charge < -0.3 is 20.5 Å². The first kappa shape index (κ1) is 31.2. The third-order valence-corrected chi connectivity index (χ3v) is 6.41. The summed E-state index contributed by atoms with van der Waals surface area (Å²) in [5, 5.41) is 16.5. The molecule has 4 rings (SSSR count). The van der Waals surface area contributed by atoms with Crippen LogP contribution in [0.4, 0.5) is 16.8 Å². The minimum absolute atomic E-state index is 0.0430. The lowest BCUT2D eigenvalue weighted by Gasteiger charge is -2.18. The molecule has 0 saturated heterocycles. The fourth-order valence-electron chi connectivity index (χ4n) is 3.48. The van der Waals surface area contributed by atoms with E-state index in [1.165, 1.54) is 29.8 Å². The number of hydrogen-bond donors (Lipinski definition) is 3. The lowest BCUT2D eigenvalue weighted by Crippen LogP contribution is -2.44. The molecule has 0 aliphatic rings. The molecule has 0 aliphatic carbocycles. The molecule has 39 heavy (non-hydrogen) atoms. The average molecular weight is 575 g/mol. The summed E-state index contributed by atoms with van der Waals surface area (Å²) in [5.74, 6) is -1.08. The third-order valence-electron chi connectivity index (χ3n) is 5.12. The van der Waals surface area contributed by atoms with Crippen LogP contribution in [0.1, 0.15) is 45.7 Å². The van der Waals surface area contributed by atoms with E-state index in [9.17, 15) is 14.4 Å². The van der Waals surface area contributed by atoms with Gasteiger partial charge in [-0.2, -0.15) is 4.98 Å². The number of rotatable bonds is 8.